The third kappa shape index (κ3) is 3.21. The van der Waals surface area contributed by atoms with E-state index in [1.165, 1.54) is 0 Å². The highest BCUT2D eigenvalue weighted by Crippen LogP contribution is 2.24. The zero-order valence-electron chi connectivity index (χ0n) is 11.9. The molecular weight excluding hydrogens is 296 g/mol. The number of carbonyl (C=O) groups excluding carboxylic acids is 3. The van der Waals surface area contributed by atoms with Gasteiger partial charge < -0.3 is 10.6 Å². The van der Waals surface area contributed by atoms with Gasteiger partial charge in [-0.15, -0.1) is 0 Å². The van der Waals surface area contributed by atoms with Gasteiger partial charge in [-0.1, -0.05) is 0 Å². The Bertz CT molecular complexity index is 621. The van der Waals surface area contributed by atoms with Gasteiger partial charge in [0.2, 0.25) is 5.91 Å². The summed E-state index contributed by atoms with van der Waals surface area (Å²) in [5.74, 6) is -2.72. The minimum Gasteiger partial charge on any atom is -0.356 e. The number of hydrogen-bond acceptors (Lipinski definition) is 3. The minimum atomic E-state index is -1.01. The molecule has 2 rings (SSSR count). The fourth-order valence-electron chi connectivity index (χ4n) is 2.18. The lowest BCUT2D eigenvalue weighted by Crippen LogP contribution is -2.33. The Morgan fingerprint density at radius 3 is 2.73 bits per heavy atom. The van der Waals surface area contributed by atoms with Crippen LogP contribution in [0.3, 0.4) is 0 Å². The Morgan fingerprint density at radius 1 is 1.36 bits per heavy atom. The van der Waals surface area contributed by atoms with Gasteiger partial charge >= 0.3 is 6.03 Å². The number of nitrogens with one attached hydrogen (secondary N) is 2. The summed E-state index contributed by atoms with van der Waals surface area (Å²) in [5.41, 5.74) is -0.315. The second kappa shape index (κ2) is 6.50. The van der Waals surface area contributed by atoms with Crippen LogP contribution < -0.4 is 15.5 Å². The molecule has 1 atom stereocenters. The molecule has 1 heterocycles. The molecule has 22 heavy (non-hydrogen) atoms. The maximum Gasteiger partial charge on any atom is 0.329 e. The highest BCUT2D eigenvalue weighted by atomic mass is 19.1. The maximum atomic E-state index is 13.7. The second-order valence-corrected chi connectivity index (χ2v) is 4.76. The number of amides is 4. The van der Waals surface area contributed by atoms with Gasteiger partial charge in [-0.25, -0.2) is 18.5 Å². The van der Waals surface area contributed by atoms with Crippen molar-refractivity contribution in [3.05, 3.63) is 29.8 Å². The van der Waals surface area contributed by atoms with Gasteiger partial charge in [-0.05, 0) is 25.5 Å². The summed E-state index contributed by atoms with van der Waals surface area (Å²) in [6.45, 7) is 2.23. The predicted octanol–water partition coefficient (Wildman–Crippen LogP) is 1.31. The first kappa shape index (κ1) is 15.9. The molecule has 2 N–H and O–H groups in total. The quantitative estimate of drug-likeness (QED) is 0.805. The van der Waals surface area contributed by atoms with Crippen molar-refractivity contribution >= 4 is 23.5 Å². The first-order valence-corrected chi connectivity index (χ1v) is 6.80. The molecule has 4 amide bonds. The molecule has 1 aromatic rings. The molecule has 1 aromatic carbocycles. The smallest absolute Gasteiger partial charge is 0.329 e. The van der Waals surface area contributed by atoms with E-state index in [1.807, 2.05) is 0 Å². The van der Waals surface area contributed by atoms with Gasteiger partial charge in [0, 0.05) is 19.0 Å². The molecule has 0 radical (unpaired) electrons. The summed E-state index contributed by atoms with van der Waals surface area (Å²) in [7, 11) is 0. The number of rotatable bonds is 5. The average Bonchev–Trinajstić information content (AvgIpc) is 2.72. The molecule has 118 valence electrons. The number of urea groups is 1. The first-order chi connectivity index (χ1) is 10.4. The van der Waals surface area contributed by atoms with E-state index in [0.717, 1.165) is 12.1 Å². The number of benzene rings is 1. The number of carbonyl (C=O) groups is 3. The van der Waals surface area contributed by atoms with Gasteiger partial charge in [0.25, 0.3) is 5.91 Å². The largest absolute Gasteiger partial charge is 0.356 e. The minimum absolute atomic E-state index is 0.0598. The summed E-state index contributed by atoms with van der Waals surface area (Å²) >= 11 is 0. The summed E-state index contributed by atoms with van der Waals surface area (Å²) in [6.07, 6.45) is 0.167. The number of nitrogens with zero attached hydrogens (tertiary/aromatic N) is 1. The van der Waals surface area contributed by atoms with Crippen molar-refractivity contribution < 1.29 is 23.2 Å². The van der Waals surface area contributed by atoms with Crippen molar-refractivity contribution in [3.8, 4) is 0 Å². The predicted molar refractivity (Wildman–Crippen MR) is 74.1 cm³/mol. The van der Waals surface area contributed by atoms with E-state index in [2.05, 4.69) is 10.6 Å². The molecule has 0 aliphatic carbocycles. The van der Waals surface area contributed by atoms with Crippen molar-refractivity contribution in [2.75, 3.05) is 11.4 Å². The van der Waals surface area contributed by atoms with E-state index in [1.54, 1.807) is 6.92 Å². The fourth-order valence-corrected chi connectivity index (χ4v) is 2.18. The molecule has 0 spiro atoms. The molecule has 1 aliphatic rings. The lowest BCUT2D eigenvalue weighted by Gasteiger charge is -2.13. The number of halogens is 2. The fraction of sp³-hybridized carbons (Fsp3) is 0.357. The molecule has 6 nitrogen and oxygen atoms in total. The number of hydrogen-bond donors (Lipinski definition) is 2. The summed E-state index contributed by atoms with van der Waals surface area (Å²) in [6, 6.07) is 0.878. The summed E-state index contributed by atoms with van der Waals surface area (Å²) in [4.78, 5) is 36.0. The third-order valence-electron chi connectivity index (χ3n) is 3.20. The molecule has 0 saturated carbocycles. The zero-order chi connectivity index (χ0) is 16.3. The third-order valence-corrected chi connectivity index (χ3v) is 3.20. The van der Waals surface area contributed by atoms with Crippen LogP contribution >= 0.6 is 0 Å². The van der Waals surface area contributed by atoms with Crippen LogP contribution in [0.4, 0.5) is 19.3 Å². The summed E-state index contributed by atoms with van der Waals surface area (Å²) < 4.78 is 26.6. The van der Waals surface area contributed by atoms with Crippen molar-refractivity contribution in [1.82, 2.24) is 10.6 Å². The standard InChI is InChI=1S/C14H15F2N3O3/c1-2-17-12(20)6-4-10-13(21)19(14(22)18-10)11-5-3-8(15)7-9(11)16/h3,5,7,10H,2,4,6H2,1H3,(H,17,20)(H,18,22). The van der Waals surface area contributed by atoms with E-state index in [4.69, 9.17) is 0 Å². The van der Waals surface area contributed by atoms with Crippen LogP contribution in [-0.2, 0) is 9.59 Å². The first-order valence-electron chi connectivity index (χ1n) is 6.80. The van der Waals surface area contributed by atoms with Crippen LogP contribution in [0, 0.1) is 11.6 Å². The van der Waals surface area contributed by atoms with Crippen LogP contribution in [0.15, 0.2) is 18.2 Å². The van der Waals surface area contributed by atoms with E-state index in [9.17, 15) is 23.2 Å². The molecular formula is C14H15F2N3O3. The highest BCUT2D eigenvalue weighted by Gasteiger charge is 2.40. The van der Waals surface area contributed by atoms with Crippen molar-refractivity contribution in [3.63, 3.8) is 0 Å². The van der Waals surface area contributed by atoms with Crippen LogP contribution in [0.1, 0.15) is 19.8 Å². The van der Waals surface area contributed by atoms with Crippen LogP contribution in [-0.4, -0.2) is 30.4 Å². The Balaban J connectivity index is 2.10. The molecule has 0 bridgehead atoms. The van der Waals surface area contributed by atoms with E-state index in [0.29, 0.717) is 17.5 Å². The Labute approximate surface area is 125 Å². The molecule has 1 saturated heterocycles. The SMILES string of the molecule is CCNC(=O)CCC1NC(=O)N(c2ccc(F)cc2F)C1=O. The molecule has 1 aliphatic heterocycles. The molecule has 1 fully saturated rings. The van der Waals surface area contributed by atoms with Crippen LogP contribution in [0.2, 0.25) is 0 Å². The van der Waals surface area contributed by atoms with E-state index < -0.39 is 29.6 Å². The average molecular weight is 311 g/mol. The summed E-state index contributed by atoms with van der Waals surface area (Å²) in [5, 5.41) is 4.96. The normalized spacial score (nSPS) is 17.6. The highest BCUT2D eigenvalue weighted by molar-refractivity contribution is 6.21. The van der Waals surface area contributed by atoms with Crippen LogP contribution in [0.5, 0.6) is 0 Å². The topological polar surface area (TPSA) is 78.5 Å². The van der Waals surface area contributed by atoms with Crippen LogP contribution in [0.25, 0.3) is 0 Å². The lowest BCUT2D eigenvalue weighted by atomic mass is 10.1. The second-order valence-electron chi connectivity index (χ2n) is 4.76. The number of anilines is 1. The van der Waals surface area contributed by atoms with Gasteiger partial charge in [0.15, 0.2) is 0 Å². The number of imide groups is 1. The van der Waals surface area contributed by atoms with Crippen molar-refractivity contribution in [1.29, 1.82) is 0 Å². The van der Waals surface area contributed by atoms with Gasteiger partial charge in [0.1, 0.15) is 17.7 Å². The van der Waals surface area contributed by atoms with E-state index in [-0.39, 0.29) is 24.4 Å². The molecule has 1 unspecified atom stereocenters. The molecule has 0 aromatic heterocycles. The van der Waals surface area contributed by atoms with Gasteiger partial charge in [-0.2, -0.15) is 0 Å². The van der Waals surface area contributed by atoms with Gasteiger partial charge in [-0.3, -0.25) is 9.59 Å². The molecule has 8 heteroatoms. The Hall–Kier alpha value is -2.51. The van der Waals surface area contributed by atoms with Crippen molar-refractivity contribution in [2.24, 2.45) is 0 Å². The zero-order valence-corrected chi connectivity index (χ0v) is 11.9. The Kier molecular flexibility index (Phi) is 4.69. The van der Waals surface area contributed by atoms with Crippen molar-refractivity contribution in [2.45, 2.75) is 25.8 Å². The van der Waals surface area contributed by atoms with Gasteiger partial charge in [0.05, 0.1) is 5.69 Å². The lowest BCUT2D eigenvalue weighted by molar-refractivity contribution is -0.121. The maximum absolute atomic E-state index is 13.7. The Morgan fingerprint density at radius 2 is 2.09 bits per heavy atom. The monoisotopic (exact) mass is 311 g/mol. The van der Waals surface area contributed by atoms with E-state index >= 15 is 0 Å².